The molecule has 0 amide bonds. The topological polar surface area (TPSA) is 35.5 Å². The van der Waals surface area contributed by atoms with Crippen molar-refractivity contribution in [3.8, 4) is 0 Å². The molecule has 62 valence electrons. The highest BCUT2D eigenvalue weighted by Crippen LogP contribution is 2.22. The lowest BCUT2D eigenvalue weighted by Crippen LogP contribution is -2.16. The van der Waals surface area contributed by atoms with Crippen molar-refractivity contribution in [1.29, 1.82) is 0 Å². The smallest absolute Gasteiger partial charge is 0.333 e. The van der Waals surface area contributed by atoms with Crippen LogP contribution in [-0.4, -0.2) is 19.4 Å². The van der Waals surface area contributed by atoms with Crippen LogP contribution in [-0.2, 0) is 14.3 Å². The molecule has 1 atom stereocenters. The first-order chi connectivity index (χ1) is 5.15. The largest absolute Gasteiger partial charge is 0.428 e. The van der Waals surface area contributed by atoms with Crippen LogP contribution in [0.3, 0.4) is 0 Å². The van der Waals surface area contributed by atoms with Crippen molar-refractivity contribution in [3.05, 3.63) is 11.6 Å². The minimum absolute atomic E-state index is 0.298. The number of cyclic esters (lactones) is 1. The van der Waals surface area contributed by atoms with Gasteiger partial charge in [0.25, 0.3) is 0 Å². The second kappa shape index (κ2) is 3.05. The standard InChI is InChI=1S/C8H12O3/c1-5(2)6-4-7(9)11-8(6)10-3/h4-5,8H,1-3H3. The first kappa shape index (κ1) is 8.27. The summed E-state index contributed by atoms with van der Waals surface area (Å²) in [5.74, 6) is -0.00745. The van der Waals surface area contributed by atoms with Crippen molar-refractivity contribution >= 4 is 5.97 Å². The molecule has 1 heterocycles. The summed E-state index contributed by atoms with van der Waals surface area (Å²) in [6.07, 6.45) is 1.04. The Morgan fingerprint density at radius 1 is 1.64 bits per heavy atom. The Bertz CT molecular complexity index is 194. The third kappa shape index (κ3) is 1.60. The molecular weight excluding hydrogens is 144 g/mol. The van der Waals surface area contributed by atoms with Gasteiger partial charge in [-0.1, -0.05) is 13.8 Å². The van der Waals surface area contributed by atoms with E-state index in [0.717, 1.165) is 5.57 Å². The van der Waals surface area contributed by atoms with E-state index in [1.54, 1.807) is 0 Å². The summed E-state index contributed by atoms with van der Waals surface area (Å²) in [6.45, 7) is 4.00. The summed E-state index contributed by atoms with van der Waals surface area (Å²) in [6, 6.07) is 0. The summed E-state index contributed by atoms with van der Waals surface area (Å²) in [5, 5.41) is 0. The van der Waals surface area contributed by atoms with Gasteiger partial charge in [0.15, 0.2) is 0 Å². The quantitative estimate of drug-likeness (QED) is 0.561. The Hall–Kier alpha value is -0.830. The van der Waals surface area contributed by atoms with Crippen LogP contribution >= 0.6 is 0 Å². The van der Waals surface area contributed by atoms with Gasteiger partial charge in [0.1, 0.15) is 0 Å². The van der Waals surface area contributed by atoms with Crippen LogP contribution in [0.1, 0.15) is 13.8 Å². The Balaban J connectivity index is 2.74. The molecule has 0 saturated heterocycles. The highest BCUT2D eigenvalue weighted by molar-refractivity contribution is 5.85. The first-order valence-electron chi connectivity index (χ1n) is 3.60. The predicted octanol–water partition coefficient (Wildman–Crippen LogP) is 1.10. The number of ether oxygens (including phenoxy) is 2. The zero-order chi connectivity index (χ0) is 8.43. The molecule has 0 aromatic rings. The second-order valence-electron chi connectivity index (χ2n) is 2.80. The molecule has 0 bridgehead atoms. The van der Waals surface area contributed by atoms with Gasteiger partial charge in [-0.3, -0.25) is 0 Å². The number of hydrogen-bond donors (Lipinski definition) is 0. The molecule has 11 heavy (non-hydrogen) atoms. The highest BCUT2D eigenvalue weighted by atomic mass is 16.7. The highest BCUT2D eigenvalue weighted by Gasteiger charge is 2.27. The van der Waals surface area contributed by atoms with Crippen molar-refractivity contribution in [2.45, 2.75) is 20.1 Å². The zero-order valence-electron chi connectivity index (χ0n) is 6.96. The summed E-state index contributed by atoms with van der Waals surface area (Å²) < 4.78 is 9.77. The summed E-state index contributed by atoms with van der Waals surface area (Å²) in [5.41, 5.74) is 0.914. The number of carbonyl (C=O) groups excluding carboxylic acids is 1. The van der Waals surface area contributed by atoms with E-state index in [9.17, 15) is 4.79 Å². The fourth-order valence-corrected chi connectivity index (χ4v) is 1.03. The van der Waals surface area contributed by atoms with Gasteiger partial charge in [-0.2, -0.15) is 0 Å². The maximum atomic E-state index is 10.7. The molecule has 3 heteroatoms. The van der Waals surface area contributed by atoms with E-state index in [1.165, 1.54) is 13.2 Å². The third-order valence-electron chi connectivity index (χ3n) is 1.66. The molecular formula is C8H12O3. The minimum atomic E-state index is -0.456. The average molecular weight is 156 g/mol. The Kier molecular flexibility index (Phi) is 2.29. The van der Waals surface area contributed by atoms with E-state index in [1.807, 2.05) is 13.8 Å². The molecule has 0 radical (unpaired) electrons. The first-order valence-corrected chi connectivity index (χ1v) is 3.60. The molecule has 0 aromatic carbocycles. The van der Waals surface area contributed by atoms with Gasteiger partial charge in [0, 0.05) is 18.8 Å². The van der Waals surface area contributed by atoms with Crippen LogP contribution in [0.2, 0.25) is 0 Å². The van der Waals surface area contributed by atoms with Crippen LogP contribution in [0.15, 0.2) is 11.6 Å². The SMILES string of the molecule is COC1OC(=O)C=C1C(C)C. The number of methoxy groups -OCH3 is 1. The van der Waals surface area contributed by atoms with E-state index >= 15 is 0 Å². The van der Waals surface area contributed by atoms with E-state index in [2.05, 4.69) is 0 Å². The lowest BCUT2D eigenvalue weighted by Gasteiger charge is -2.13. The summed E-state index contributed by atoms with van der Waals surface area (Å²) in [4.78, 5) is 10.7. The van der Waals surface area contributed by atoms with Crippen LogP contribution in [0.5, 0.6) is 0 Å². The van der Waals surface area contributed by atoms with Crippen molar-refractivity contribution in [1.82, 2.24) is 0 Å². The van der Waals surface area contributed by atoms with Gasteiger partial charge < -0.3 is 9.47 Å². The van der Waals surface area contributed by atoms with Crippen molar-refractivity contribution in [2.75, 3.05) is 7.11 Å². The molecule has 1 aliphatic rings. The lowest BCUT2D eigenvalue weighted by molar-refractivity contribution is -0.155. The Morgan fingerprint density at radius 3 is 2.64 bits per heavy atom. The number of rotatable bonds is 2. The molecule has 0 N–H and O–H groups in total. The summed E-state index contributed by atoms with van der Waals surface area (Å²) in [7, 11) is 1.53. The maximum Gasteiger partial charge on any atom is 0.333 e. The van der Waals surface area contributed by atoms with Gasteiger partial charge in [-0.25, -0.2) is 4.79 Å². The average Bonchev–Trinajstić information content (AvgIpc) is 2.30. The molecule has 0 aliphatic carbocycles. The fraction of sp³-hybridized carbons (Fsp3) is 0.625. The van der Waals surface area contributed by atoms with Crippen molar-refractivity contribution in [2.24, 2.45) is 5.92 Å². The molecule has 1 unspecified atom stereocenters. The molecule has 1 aliphatic heterocycles. The number of hydrogen-bond acceptors (Lipinski definition) is 3. The fourth-order valence-electron chi connectivity index (χ4n) is 1.03. The van der Waals surface area contributed by atoms with E-state index in [0.29, 0.717) is 5.92 Å². The van der Waals surface area contributed by atoms with Gasteiger partial charge in [0.05, 0.1) is 0 Å². The zero-order valence-corrected chi connectivity index (χ0v) is 6.96. The molecule has 0 aromatic heterocycles. The molecule has 3 nitrogen and oxygen atoms in total. The van der Waals surface area contributed by atoms with Crippen molar-refractivity contribution in [3.63, 3.8) is 0 Å². The number of esters is 1. The van der Waals surface area contributed by atoms with Crippen molar-refractivity contribution < 1.29 is 14.3 Å². The lowest BCUT2D eigenvalue weighted by atomic mass is 10.0. The van der Waals surface area contributed by atoms with Crippen LogP contribution in [0.4, 0.5) is 0 Å². The predicted molar refractivity (Wildman–Crippen MR) is 39.8 cm³/mol. The Labute approximate surface area is 66.0 Å². The van der Waals surface area contributed by atoms with E-state index in [-0.39, 0.29) is 5.97 Å². The third-order valence-corrected chi connectivity index (χ3v) is 1.66. The second-order valence-corrected chi connectivity index (χ2v) is 2.80. The monoisotopic (exact) mass is 156 g/mol. The van der Waals surface area contributed by atoms with Gasteiger partial charge in [0.2, 0.25) is 6.29 Å². The van der Waals surface area contributed by atoms with Gasteiger partial charge in [-0.05, 0) is 5.92 Å². The molecule has 0 spiro atoms. The minimum Gasteiger partial charge on any atom is -0.428 e. The van der Waals surface area contributed by atoms with Crippen LogP contribution in [0, 0.1) is 5.92 Å². The number of carbonyl (C=O) groups is 1. The molecule has 0 fully saturated rings. The summed E-state index contributed by atoms with van der Waals surface area (Å²) >= 11 is 0. The van der Waals surface area contributed by atoms with Gasteiger partial charge >= 0.3 is 5.97 Å². The van der Waals surface area contributed by atoms with Crippen LogP contribution < -0.4 is 0 Å². The normalized spacial score (nSPS) is 23.8. The maximum absolute atomic E-state index is 10.7. The molecule has 0 saturated carbocycles. The van der Waals surface area contributed by atoms with Gasteiger partial charge in [-0.15, -0.1) is 0 Å². The molecule has 1 rings (SSSR count). The van der Waals surface area contributed by atoms with E-state index < -0.39 is 6.29 Å². The van der Waals surface area contributed by atoms with E-state index in [4.69, 9.17) is 9.47 Å². The van der Waals surface area contributed by atoms with Crippen LogP contribution in [0.25, 0.3) is 0 Å². The Morgan fingerprint density at radius 2 is 2.27 bits per heavy atom.